The lowest BCUT2D eigenvalue weighted by Crippen LogP contribution is -2.39. The first-order chi connectivity index (χ1) is 14.0. The second-order valence-corrected chi connectivity index (χ2v) is 8.00. The van der Waals surface area contributed by atoms with E-state index in [1.54, 1.807) is 0 Å². The quantitative estimate of drug-likeness (QED) is 0.610. The predicted octanol–water partition coefficient (Wildman–Crippen LogP) is 5.34. The Morgan fingerprint density at radius 2 is 1.90 bits per heavy atom. The minimum absolute atomic E-state index is 0.0144. The summed E-state index contributed by atoms with van der Waals surface area (Å²) in [5, 5.41) is 3.63. The molecule has 0 spiro atoms. The third-order valence-electron chi connectivity index (χ3n) is 5.81. The summed E-state index contributed by atoms with van der Waals surface area (Å²) in [6.45, 7) is 10.4. The average molecular weight is 388 g/mol. The molecule has 2 aliphatic carbocycles. The van der Waals surface area contributed by atoms with Crippen molar-refractivity contribution < 1.29 is 0 Å². The van der Waals surface area contributed by atoms with Crippen LogP contribution in [-0.4, -0.2) is 37.8 Å². The molecule has 3 rings (SSSR count). The summed E-state index contributed by atoms with van der Waals surface area (Å²) in [5.41, 5.74) is 6.03. The molecule has 0 aliphatic heterocycles. The molecule has 1 unspecified atom stereocenters. The average Bonchev–Trinajstić information content (AvgIpc) is 3.58. The molecule has 0 aromatic heterocycles. The second-order valence-electron chi connectivity index (χ2n) is 8.00. The van der Waals surface area contributed by atoms with Crippen LogP contribution in [0.1, 0.15) is 42.7 Å². The number of nitrogens with zero attached hydrogens (tertiary/aromatic N) is 2. The smallest absolute Gasteiger partial charge is 0.0938 e. The fraction of sp³-hybridized carbons (Fsp3) is 0.346. The van der Waals surface area contributed by atoms with Gasteiger partial charge in [-0.3, -0.25) is 4.99 Å². The van der Waals surface area contributed by atoms with Crippen molar-refractivity contribution in [2.45, 2.75) is 37.6 Å². The highest BCUT2D eigenvalue weighted by atomic mass is 15.2. The van der Waals surface area contributed by atoms with Crippen LogP contribution in [0.3, 0.4) is 0 Å². The molecule has 152 valence electrons. The first-order valence-corrected chi connectivity index (χ1v) is 10.4. The Kier molecular flexibility index (Phi) is 6.58. The van der Waals surface area contributed by atoms with Crippen LogP contribution >= 0.6 is 0 Å². The minimum atomic E-state index is 0.0144. The SMILES string of the molecule is C=C[C@H](c1ccc(C2CC2)cc1)C(NC(=C)N(C)C)C1=CC(=NC)/C(=C\C)C=C1. The van der Waals surface area contributed by atoms with Crippen LogP contribution in [0.15, 0.2) is 89.8 Å². The maximum atomic E-state index is 4.48. The summed E-state index contributed by atoms with van der Waals surface area (Å²) in [5.74, 6) is 1.75. The molecule has 1 saturated carbocycles. The van der Waals surface area contributed by atoms with Gasteiger partial charge in [0.1, 0.15) is 0 Å². The number of benzene rings is 1. The summed E-state index contributed by atoms with van der Waals surface area (Å²) < 4.78 is 0. The topological polar surface area (TPSA) is 27.6 Å². The monoisotopic (exact) mass is 387 g/mol. The van der Waals surface area contributed by atoms with E-state index in [-0.39, 0.29) is 12.0 Å². The van der Waals surface area contributed by atoms with E-state index in [9.17, 15) is 0 Å². The molecule has 3 heteroatoms. The van der Waals surface area contributed by atoms with Gasteiger partial charge in [-0.15, -0.1) is 6.58 Å². The molecule has 0 heterocycles. The molecular weight excluding hydrogens is 354 g/mol. The zero-order valence-electron chi connectivity index (χ0n) is 18.2. The van der Waals surface area contributed by atoms with Crippen molar-refractivity contribution in [1.82, 2.24) is 10.2 Å². The van der Waals surface area contributed by atoms with E-state index in [0.29, 0.717) is 0 Å². The molecule has 2 aliphatic rings. The number of aliphatic imine (C=N–C) groups is 1. The Bertz CT molecular complexity index is 877. The first-order valence-electron chi connectivity index (χ1n) is 10.4. The van der Waals surface area contributed by atoms with E-state index >= 15 is 0 Å². The number of nitrogens with one attached hydrogen (secondary N) is 1. The van der Waals surface area contributed by atoms with Gasteiger partial charge < -0.3 is 10.2 Å². The lowest BCUT2D eigenvalue weighted by molar-refractivity contribution is 0.431. The predicted molar refractivity (Wildman–Crippen MR) is 125 cm³/mol. The molecule has 1 aromatic carbocycles. The highest BCUT2D eigenvalue weighted by Crippen LogP contribution is 2.40. The fourth-order valence-corrected chi connectivity index (χ4v) is 3.75. The van der Waals surface area contributed by atoms with Crippen LogP contribution in [0.5, 0.6) is 0 Å². The molecule has 0 radical (unpaired) electrons. The standard InChI is InChI=1S/C26H33N3/c1-7-19-9-16-23(17-25(19)27-4)26(28-18(3)29(5)6)24(8-2)22-14-12-21(13-15-22)20-10-11-20/h7-9,12-17,20,24,26,28H,2-3,10-11H2,1,4-6H3/b19-7-,27-25?/t24-,26?/m1/s1. The van der Waals surface area contributed by atoms with Crippen LogP contribution in [0.25, 0.3) is 0 Å². The number of hydrogen-bond donors (Lipinski definition) is 1. The van der Waals surface area contributed by atoms with Gasteiger partial charge in [-0.1, -0.05) is 55.1 Å². The molecule has 2 atom stereocenters. The normalized spacial score (nSPS) is 20.9. The van der Waals surface area contributed by atoms with Crippen molar-refractivity contribution in [2.75, 3.05) is 21.1 Å². The summed E-state index contributed by atoms with van der Waals surface area (Å²) in [6, 6.07) is 9.09. The Hall–Kier alpha value is -2.81. The van der Waals surface area contributed by atoms with E-state index < -0.39 is 0 Å². The largest absolute Gasteiger partial charge is 0.365 e. The van der Waals surface area contributed by atoms with Crippen molar-refractivity contribution in [2.24, 2.45) is 4.99 Å². The van der Waals surface area contributed by atoms with Gasteiger partial charge in [0.2, 0.25) is 0 Å². The van der Waals surface area contributed by atoms with Crippen LogP contribution < -0.4 is 5.32 Å². The molecule has 1 aromatic rings. The van der Waals surface area contributed by atoms with E-state index in [0.717, 1.165) is 23.0 Å². The molecule has 0 bridgehead atoms. The van der Waals surface area contributed by atoms with Gasteiger partial charge in [-0.25, -0.2) is 0 Å². The highest BCUT2D eigenvalue weighted by molar-refractivity contribution is 6.12. The van der Waals surface area contributed by atoms with Crippen molar-refractivity contribution in [3.8, 4) is 0 Å². The molecule has 0 saturated heterocycles. The lowest BCUT2D eigenvalue weighted by atomic mass is 9.83. The second kappa shape index (κ2) is 9.13. The Labute approximate surface area is 175 Å². The van der Waals surface area contributed by atoms with Gasteiger partial charge in [-0.2, -0.15) is 0 Å². The van der Waals surface area contributed by atoms with Crippen molar-refractivity contribution >= 4 is 5.71 Å². The zero-order valence-corrected chi connectivity index (χ0v) is 18.2. The van der Waals surface area contributed by atoms with E-state index in [4.69, 9.17) is 0 Å². The van der Waals surface area contributed by atoms with Gasteiger partial charge >= 0.3 is 0 Å². The van der Waals surface area contributed by atoms with Crippen molar-refractivity contribution in [3.05, 3.63) is 95.9 Å². The molecule has 1 N–H and O–H groups in total. The summed E-state index contributed by atoms with van der Waals surface area (Å²) >= 11 is 0. The Morgan fingerprint density at radius 1 is 1.21 bits per heavy atom. The van der Waals surface area contributed by atoms with E-state index in [2.05, 4.69) is 72.0 Å². The van der Waals surface area contributed by atoms with Crippen LogP contribution in [0, 0.1) is 0 Å². The van der Waals surface area contributed by atoms with Crippen LogP contribution in [0.2, 0.25) is 0 Å². The minimum Gasteiger partial charge on any atom is -0.365 e. The molecule has 29 heavy (non-hydrogen) atoms. The summed E-state index contributed by atoms with van der Waals surface area (Å²) in [4.78, 5) is 6.48. The lowest BCUT2D eigenvalue weighted by Gasteiger charge is -2.32. The van der Waals surface area contributed by atoms with Gasteiger partial charge in [0.25, 0.3) is 0 Å². The summed E-state index contributed by atoms with van der Waals surface area (Å²) in [7, 11) is 5.85. The Balaban J connectivity index is 1.97. The molecule has 3 nitrogen and oxygen atoms in total. The summed E-state index contributed by atoms with van der Waals surface area (Å²) in [6.07, 6.45) is 13.3. The maximum absolute atomic E-state index is 4.48. The fourth-order valence-electron chi connectivity index (χ4n) is 3.75. The third kappa shape index (κ3) is 4.79. The van der Waals surface area contributed by atoms with E-state index in [1.165, 1.54) is 29.5 Å². The molecular formula is C26H33N3. The van der Waals surface area contributed by atoms with E-state index in [1.807, 2.05) is 39.0 Å². The Morgan fingerprint density at radius 3 is 2.41 bits per heavy atom. The number of allylic oxidation sites excluding steroid dienone is 4. The van der Waals surface area contributed by atoms with Gasteiger partial charge in [0.05, 0.1) is 17.6 Å². The molecule has 0 amide bonds. The zero-order chi connectivity index (χ0) is 21.0. The van der Waals surface area contributed by atoms with Crippen LogP contribution in [0.4, 0.5) is 0 Å². The number of rotatable bonds is 8. The molecule has 1 fully saturated rings. The number of hydrogen-bond acceptors (Lipinski definition) is 3. The van der Waals surface area contributed by atoms with Gasteiger partial charge in [0.15, 0.2) is 0 Å². The van der Waals surface area contributed by atoms with Gasteiger partial charge in [0, 0.05) is 27.1 Å². The van der Waals surface area contributed by atoms with Gasteiger partial charge in [-0.05, 0) is 54.0 Å². The third-order valence-corrected chi connectivity index (χ3v) is 5.81. The van der Waals surface area contributed by atoms with Crippen molar-refractivity contribution in [3.63, 3.8) is 0 Å². The van der Waals surface area contributed by atoms with Crippen LogP contribution in [-0.2, 0) is 0 Å². The first kappa shape index (κ1) is 20.9. The highest BCUT2D eigenvalue weighted by Gasteiger charge is 2.27. The maximum Gasteiger partial charge on any atom is 0.0938 e. The van der Waals surface area contributed by atoms with Crippen molar-refractivity contribution in [1.29, 1.82) is 0 Å².